The van der Waals surface area contributed by atoms with Crippen LogP contribution in [0.3, 0.4) is 0 Å². The Morgan fingerprint density at radius 3 is 2.61 bits per heavy atom. The molecule has 0 saturated heterocycles. The lowest BCUT2D eigenvalue weighted by Gasteiger charge is -2.16. The lowest BCUT2D eigenvalue weighted by Crippen LogP contribution is -2.22. The van der Waals surface area contributed by atoms with Crippen LogP contribution in [-0.4, -0.2) is 43.4 Å². The number of carbonyl (C=O) groups is 3. The van der Waals surface area contributed by atoms with Gasteiger partial charge in [0.05, 0.1) is 0 Å². The Morgan fingerprint density at radius 2 is 1.93 bits per heavy atom. The smallest absolute Gasteiger partial charge is 0.348 e. The van der Waals surface area contributed by atoms with E-state index in [1.807, 2.05) is 6.07 Å². The number of carbonyl (C=O) groups excluding carboxylic acids is 3. The van der Waals surface area contributed by atoms with E-state index in [4.69, 9.17) is 4.74 Å². The molecule has 2 amide bonds. The first-order chi connectivity index (χ1) is 13.3. The van der Waals surface area contributed by atoms with Gasteiger partial charge in [-0.2, -0.15) is 0 Å². The minimum absolute atomic E-state index is 0.111. The van der Waals surface area contributed by atoms with Crippen LogP contribution in [0.1, 0.15) is 43.8 Å². The summed E-state index contributed by atoms with van der Waals surface area (Å²) in [5, 5.41) is 2.66. The second-order valence-corrected chi connectivity index (χ2v) is 8.45. The average molecular weight is 401 g/mol. The van der Waals surface area contributed by atoms with Crippen LogP contribution in [0.4, 0.5) is 5.69 Å². The molecule has 0 bridgehead atoms. The molecule has 1 heterocycles. The van der Waals surface area contributed by atoms with Gasteiger partial charge in [-0.15, -0.1) is 11.3 Å². The molecule has 6 nitrogen and oxygen atoms in total. The lowest BCUT2D eigenvalue weighted by molar-refractivity contribution is -0.119. The Labute approximate surface area is 168 Å². The summed E-state index contributed by atoms with van der Waals surface area (Å²) < 4.78 is 5.16. The quantitative estimate of drug-likeness (QED) is 0.781. The minimum atomic E-state index is -0.464. The fraction of sp³-hybridized carbons (Fsp3) is 0.381. The molecule has 1 atom stereocenters. The van der Waals surface area contributed by atoms with Crippen LogP contribution in [0, 0.1) is 5.92 Å². The number of anilines is 1. The van der Waals surface area contributed by atoms with Crippen molar-refractivity contribution in [2.24, 2.45) is 5.92 Å². The lowest BCUT2D eigenvalue weighted by atomic mass is 9.90. The summed E-state index contributed by atoms with van der Waals surface area (Å²) in [6.07, 6.45) is 3.14. The Kier molecular flexibility index (Phi) is 6.14. The van der Waals surface area contributed by atoms with E-state index in [1.54, 1.807) is 38.4 Å². The summed E-state index contributed by atoms with van der Waals surface area (Å²) in [6.45, 7) is 1.86. The first kappa shape index (κ1) is 20.1. The summed E-state index contributed by atoms with van der Waals surface area (Å²) in [4.78, 5) is 39.5. The molecule has 1 N–H and O–H groups in total. The number of thiophene rings is 1. The highest BCUT2D eigenvalue weighted by atomic mass is 32.1. The first-order valence-electron chi connectivity index (χ1n) is 9.23. The number of nitrogens with zero attached hydrogens (tertiary/aromatic N) is 1. The second kappa shape index (κ2) is 8.56. The third kappa shape index (κ3) is 4.78. The van der Waals surface area contributed by atoms with Crippen LogP contribution in [0.2, 0.25) is 0 Å². The van der Waals surface area contributed by atoms with Crippen molar-refractivity contribution in [3.63, 3.8) is 0 Å². The van der Waals surface area contributed by atoms with Gasteiger partial charge in [0.15, 0.2) is 6.61 Å². The number of nitrogens with one attached hydrogen (secondary N) is 1. The van der Waals surface area contributed by atoms with E-state index in [9.17, 15) is 14.4 Å². The molecule has 0 fully saturated rings. The number of hydrogen-bond donors (Lipinski definition) is 1. The highest BCUT2D eigenvalue weighted by molar-refractivity contribution is 7.14. The molecule has 1 aliphatic carbocycles. The second-order valence-electron chi connectivity index (χ2n) is 7.31. The van der Waals surface area contributed by atoms with E-state index < -0.39 is 11.9 Å². The van der Waals surface area contributed by atoms with Gasteiger partial charge in [-0.25, -0.2) is 4.79 Å². The van der Waals surface area contributed by atoms with Gasteiger partial charge in [0.1, 0.15) is 4.88 Å². The molecule has 7 heteroatoms. The number of rotatable bonds is 5. The Hall–Kier alpha value is -2.67. The van der Waals surface area contributed by atoms with Gasteiger partial charge in [0.2, 0.25) is 0 Å². The maximum atomic E-state index is 12.3. The van der Waals surface area contributed by atoms with Gasteiger partial charge in [0, 0.05) is 30.2 Å². The molecule has 28 heavy (non-hydrogen) atoms. The summed E-state index contributed by atoms with van der Waals surface area (Å²) in [5.74, 6) is -0.361. The highest BCUT2D eigenvalue weighted by Crippen LogP contribution is 2.32. The molecular formula is C21H24N2O4S. The number of benzene rings is 1. The van der Waals surface area contributed by atoms with Gasteiger partial charge < -0.3 is 15.0 Å². The molecule has 148 valence electrons. The van der Waals surface area contributed by atoms with Gasteiger partial charge in [-0.05, 0) is 61.1 Å². The number of fused-ring (bicyclic) bond motifs is 1. The average Bonchev–Trinajstić information content (AvgIpc) is 3.09. The monoisotopic (exact) mass is 400 g/mol. The molecule has 2 aromatic rings. The number of aryl methyl sites for hydroxylation is 1. The van der Waals surface area contributed by atoms with E-state index >= 15 is 0 Å². The Morgan fingerprint density at radius 1 is 1.21 bits per heavy atom. The van der Waals surface area contributed by atoms with Gasteiger partial charge in [-0.3, -0.25) is 9.59 Å². The summed E-state index contributed by atoms with van der Waals surface area (Å²) in [7, 11) is 3.36. The zero-order valence-electron chi connectivity index (χ0n) is 16.3. The van der Waals surface area contributed by atoms with E-state index in [1.165, 1.54) is 26.7 Å². The molecule has 1 aliphatic rings. The molecule has 0 aliphatic heterocycles. The molecule has 1 aromatic carbocycles. The molecule has 1 aromatic heterocycles. The van der Waals surface area contributed by atoms with E-state index in [0.717, 1.165) is 19.3 Å². The predicted octanol–water partition coefficient (Wildman–Crippen LogP) is 3.37. The van der Waals surface area contributed by atoms with Crippen molar-refractivity contribution in [1.29, 1.82) is 0 Å². The van der Waals surface area contributed by atoms with Crippen molar-refractivity contribution in [2.75, 3.05) is 26.0 Å². The number of esters is 1. The number of amides is 2. The standard InChI is InChI=1S/C21H24N2O4S/c1-13-4-9-17-15(10-13)11-18(28-17)21(26)27-12-19(24)22-16-7-5-14(6-8-16)20(25)23(2)3/h5-8,11,13H,4,9-10,12H2,1-3H3,(H,22,24)/t13-/m0/s1. The number of ether oxygens (including phenoxy) is 1. The molecule has 3 rings (SSSR count). The first-order valence-corrected chi connectivity index (χ1v) is 10.1. The van der Waals surface area contributed by atoms with Gasteiger partial charge >= 0.3 is 5.97 Å². The SMILES string of the molecule is C[C@H]1CCc2sc(C(=O)OCC(=O)Nc3ccc(C(=O)N(C)C)cc3)cc2C1. The van der Waals surface area contributed by atoms with Gasteiger partial charge in [0.25, 0.3) is 11.8 Å². The fourth-order valence-corrected chi connectivity index (χ4v) is 4.26. The molecule has 0 unspecified atom stereocenters. The third-order valence-corrected chi connectivity index (χ3v) is 5.90. The summed E-state index contributed by atoms with van der Waals surface area (Å²) >= 11 is 1.47. The highest BCUT2D eigenvalue weighted by Gasteiger charge is 2.21. The molecule has 0 radical (unpaired) electrons. The van der Waals surface area contributed by atoms with Crippen molar-refractivity contribution >= 4 is 34.8 Å². The zero-order chi connectivity index (χ0) is 20.3. The Bertz CT molecular complexity index is 886. The van der Waals surface area contributed by atoms with Crippen LogP contribution < -0.4 is 5.32 Å². The summed E-state index contributed by atoms with van der Waals surface area (Å²) in [5.41, 5.74) is 2.30. The van der Waals surface area contributed by atoms with E-state index in [2.05, 4.69) is 12.2 Å². The van der Waals surface area contributed by atoms with Crippen LogP contribution in [0.15, 0.2) is 30.3 Å². The molecule has 0 spiro atoms. The van der Waals surface area contributed by atoms with Gasteiger partial charge in [-0.1, -0.05) is 6.92 Å². The van der Waals surface area contributed by atoms with Crippen LogP contribution in [-0.2, 0) is 22.4 Å². The van der Waals surface area contributed by atoms with Crippen LogP contribution in [0.5, 0.6) is 0 Å². The maximum absolute atomic E-state index is 12.3. The fourth-order valence-electron chi connectivity index (χ4n) is 3.16. The summed E-state index contributed by atoms with van der Waals surface area (Å²) in [6, 6.07) is 8.47. The van der Waals surface area contributed by atoms with Crippen molar-refractivity contribution in [1.82, 2.24) is 4.90 Å². The largest absolute Gasteiger partial charge is 0.451 e. The zero-order valence-corrected chi connectivity index (χ0v) is 17.1. The Balaban J connectivity index is 1.51. The predicted molar refractivity (Wildman–Crippen MR) is 109 cm³/mol. The number of hydrogen-bond acceptors (Lipinski definition) is 5. The van der Waals surface area contributed by atoms with E-state index in [0.29, 0.717) is 22.0 Å². The van der Waals surface area contributed by atoms with Crippen molar-refractivity contribution in [2.45, 2.75) is 26.2 Å². The van der Waals surface area contributed by atoms with Crippen molar-refractivity contribution in [3.05, 3.63) is 51.2 Å². The maximum Gasteiger partial charge on any atom is 0.348 e. The third-order valence-electron chi connectivity index (χ3n) is 4.69. The normalized spacial score (nSPS) is 15.5. The topological polar surface area (TPSA) is 75.7 Å². The van der Waals surface area contributed by atoms with Crippen molar-refractivity contribution in [3.8, 4) is 0 Å². The van der Waals surface area contributed by atoms with Crippen LogP contribution >= 0.6 is 11.3 Å². The van der Waals surface area contributed by atoms with Crippen LogP contribution in [0.25, 0.3) is 0 Å². The molecule has 0 saturated carbocycles. The van der Waals surface area contributed by atoms with E-state index in [-0.39, 0.29) is 12.5 Å². The van der Waals surface area contributed by atoms with Crippen molar-refractivity contribution < 1.29 is 19.1 Å². The minimum Gasteiger partial charge on any atom is -0.451 e. The molecular weight excluding hydrogens is 376 g/mol.